The highest BCUT2D eigenvalue weighted by molar-refractivity contribution is 6.35. The molecule has 0 bridgehead atoms. The average Bonchev–Trinajstić information content (AvgIpc) is 2.38. The molecule has 0 aliphatic rings. The van der Waals surface area contributed by atoms with Crippen molar-refractivity contribution in [3.63, 3.8) is 0 Å². The third-order valence-corrected chi connectivity index (χ3v) is 3.19. The molecule has 1 aromatic carbocycles. The van der Waals surface area contributed by atoms with Gasteiger partial charge in [0.15, 0.2) is 5.82 Å². The van der Waals surface area contributed by atoms with E-state index in [1.165, 1.54) is 24.4 Å². The number of pyridine rings is 1. The molecule has 8 heteroatoms. The van der Waals surface area contributed by atoms with Gasteiger partial charge in [-0.3, -0.25) is 0 Å². The number of hydrogen-bond acceptors (Lipinski definition) is 3. The number of anilines is 2. The highest BCUT2D eigenvalue weighted by Crippen LogP contribution is 2.29. The van der Waals surface area contributed by atoms with Crippen LogP contribution in [0.3, 0.4) is 0 Å². The molecule has 0 radical (unpaired) electrons. The molecule has 0 saturated carbocycles. The van der Waals surface area contributed by atoms with E-state index in [1.54, 1.807) is 0 Å². The molecular weight excluding hydrogens is 330 g/mol. The summed E-state index contributed by atoms with van der Waals surface area (Å²) in [6.07, 6.45) is 1.19. The number of benzene rings is 1. The molecule has 2 aromatic rings. The van der Waals surface area contributed by atoms with Crippen LogP contribution in [0.1, 0.15) is 10.4 Å². The first-order chi connectivity index (χ1) is 9.38. The number of rotatable bonds is 3. The van der Waals surface area contributed by atoms with E-state index < -0.39 is 11.8 Å². The molecule has 104 valence electrons. The summed E-state index contributed by atoms with van der Waals surface area (Å²) in [4.78, 5) is 14.9. The Kier molecular flexibility index (Phi) is 4.32. The van der Waals surface area contributed by atoms with Gasteiger partial charge in [-0.25, -0.2) is 14.2 Å². The van der Waals surface area contributed by atoms with Crippen LogP contribution in [0.5, 0.6) is 0 Å². The molecule has 0 aliphatic heterocycles. The zero-order chi connectivity index (χ0) is 14.9. The quantitative estimate of drug-likeness (QED) is 0.803. The Morgan fingerprint density at radius 2 is 1.75 bits per heavy atom. The van der Waals surface area contributed by atoms with Crippen molar-refractivity contribution in [3.05, 3.63) is 50.8 Å². The summed E-state index contributed by atoms with van der Waals surface area (Å²) >= 11 is 17.0. The SMILES string of the molecule is O=C(O)c1cc(Nc2cc(Cl)c(F)c(Cl)c2)ncc1Cl. The van der Waals surface area contributed by atoms with Crippen molar-refractivity contribution >= 4 is 52.3 Å². The van der Waals surface area contributed by atoms with Gasteiger partial charge in [0, 0.05) is 11.9 Å². The van der Waals surface area contributed by atoms with Gasteiger partial charge in [-0.15, -0.1) is 0 Å². The topological polar surface area (TPSA) is 62.2 Å². The first-order valence-electron chi connectivity index (χ1n) is 5.19. The molecule has 0 spiro atoms. The molecule has 0 atom stereocenters. The normalized spacial score (nSPS) is 10.4. The number of carboxylic acids is 1. The van der Waals surface area contributed by atoms with Gasteiger partial charge in [-0.05, 0) is 18.2 Å². The smallest absolute Gasteiger partial charge is 0.337 e. The van der Waals surface area contributed by atoms with Gasteiger partial charge in [0.05, 0.1) is 20.6 Å². The highest BCUT2D eigenvalue weighted by Gasteiger charge is 2.12. The minimum absolute atomic E-state index is 0.0122. The van der Waals surface area contributed by atoms with Crippen LogP contribution in [-0.2, 0) is 0 Å². The fraction of sp³-hybridized carbons (Fsp3) is 0. The Hall–Kier alpha value is -1.56. The van der Waals surface area contributed by atoms with E-state index in [0.717, 1.165) is 0 Å². The van der Waals surface area contributed by atoms with Crippen molar-refractivity contribution in [2.75, 3.05) is 5.32 Å². The third kappa shape index (κ3) is 3.12. The van der Waals surface area contributed by atoms with Gasteiger partial charge in [0.2, 0.25) is 0 Å². The molecule has 0 amide bonds. The van der Waals surface area contributed by atoms with Crippen LogP contribution in [0.15, 0.2) is 24.4 Å². The summed E-state index contributed by atoms with van der Waals surface area (Å²) in [6, 6.07) is 3.86. The Labute approximate surface area is 128 Å². The zero-order valence-corrected chi connectivity index (χ0v) is 11.9. The zero-order valence-electron chi connectivity index (χ0n) is 9.62. The number of carboxylic acid groups (broad SMARTS) is 1. The summed E-state index contributed by atoms with van der Waals surface area (Å²) < 4.78 is 13.3. The number of hydrogen-bond donors (Lipinski definition) is 2. The van der Waals surface area contributed by atoms with Crippen LogP contribution in [0.25, 0.3) is 0 Å². The van der Waals surface area contributed by atoms with Crippen LogP contribution < -0.4 is 5.32 Å². The van der Waals surface area contributed by atoms with Gasteiger partial charge < -0.3 is 10.4 Å². The second-order valence-corrected chi connectivity index (χ2v) is 4.96. The summed E-state index contributed by atoms with van der Waals surface area (Å²) in [5.41, 5.74) is 0.260. The maximum atomic E-state index is 13.3. The molecule has 1 heterocycles. The summed E-state index contributed by atoms with van der Waals surface area (Å²) in [5, 5.41) is 11.4. The lowest BCUT2D eigenvalue weighted by Crippen LogP contribution is -2.01. The molecule has 0 saturated heterocycles. The lowest BCUT2D eigenvalue weighted by Gasteiger charge is -2.08. The van der Waals surface area contributed by atoms with Crippen molar-refractivity contribution in [2.24, 2.45) is 0 Å². The third-order valence-electron chi connectivity index (χ3n) is 2.34. The van der Waals surface area contributed by atoms with Gasteiger partial charge >= 0.3 is 5.97 Å². The largest absolute Gasteiger partial charge is 0.478 e. The predicted octanol–water partition coefficient (Wildman–Crippen LogP) is 4.62. The molecule has 4 nitrogen and oxygen atoms in total. The molecule has 20 heavy (non-hydrogen) atoms. The minimum atomic E-state index is -1.18. The van der Waals surface area contributed by atoms with Crippen LogP contribution in [-0.4, -0.2) is 16.1 Å². The summed E-state index contributed by atoms with van der Waals surface area (Å²) in [7, 11) is 0. The van der Waals surface area contributed by atoms with Crippen molar-refractivity contribution in [1.82, 2.24) is 4.98 Å². The van der Waals surface area contributed by atoms with Crippen LogP contribution >= 0.6 is 34.8 Å². The Bertz CT molecular complexity index is 671. The molecule has 2 N–H and O–H groups in total. The van der Waals surface area contributed by atoms with Crippen molar-refractivity contribution in [2.45, 2.75) is 0 Å². The second kappa shape index (κ2) is 5.83. The van der Waals surface area contributed by atoms with Gasteiger partial charge in [0.1, 0.15) is 5.82 Å². The minimum Gasteiger partial charge on any atom is -0.478 e. The first kappa shape index (κ1) is 14.8. The van der Waals surface area contributed by atoms with E-state index in [9.17, 15) is 9.18 Å². The molecule has 0 aliphatic carbocycles. The van der Waals surface area contributed by atoms with Gasteiger partial charge in [0.25, 0.3) is 0 Å². The monoisotopic (exact) mass is 334 g/mol. The lowest BCUT2D eigenvalue weighted by molar-refractivity contribution is 0.0697. The van der Waals surface area contributed by atoms with E-state index in [1.807, 2.05) is 0 Å². The Morgan fingerprint density at radius 3 is 2.30 bits per heavy atom. The molecular formula is C12H6Cl3FN2O2. The number of carbonyl (C=O) groups is 1. The van der Waals surface area contributed by atoms with Gasteiger partial charge in [-0.1, -0.05) is 34.8 Å². The Balaban J connectivity index is 2.35. The van der Waals surface area contributed by atoms with E-state index in [0.29, 0.717) is 5.69 Å². The Morgan fingerprint density at radius 1 is 1.15 bits per heavy atom. The number of nitrogens with zero attached hydrogens (tertiary/aromatic N) is 1. The van der Waals surface area contributed by atoms with Crippen LogP contribution in [0.4, 0.5) is 15.9 Å². The lowest BCUT2D eigenvalue weighted by atomic mass is 10.2. The number of aromatic carboxylic acids is 1. The van der Waals surface area contributed by atoms with E-state index in [4.69, 9.17) is 39.9 Å². The van der Waals surface area contributed by atoms with Crippen molar-refractivity contribution in [3.8, 4) is 0 Å². The molecule has 1 aromatic heterocycles. The van der Waals surface area contributed by atoms with Crippen molar-refractivity contribution < 1.29 is 14.3 Å². The fourth-order valence-corrected chi connectivity index (χ4v) is 2.12. The first-order valence-corrected chi connectivity index (χ1v) is 6.32. The molecule has 0 unspecified atom stereocenters. The summed E-state index contributed by atoms with van der Waals surface area (Å²) in [6.45, 7) is 0. The maximum Gasteiger partial charge on any atom is 0.337 e. The fourth-order valence-electron chi connectivity index (χ4n) is 1.45. The number of nitrogens with one attached hydrogen (secondary N) is 1. The highest BCUT2D eigenvalue weighted by atomic mass is 35.5. The summed E-state index contributed by atoms with van der Waals surface area (Å²) in [5.74, 6) is -1.70. The van der Waals surface area contributed by atoms with Gasteiger partial charge in [-0.2, -0.15) is 0 Å². The second-order valence-electron chi connectivity index (χ2n) is 3.73. The number of halogens is 4. The average molecular weight is 336 g/mol. The van der Waals surface area contributed by atoms with E-state index in [-0.39, 0.29) is 26.4 Å². The predicted molar refractivity (Wildman–Crippen MR) is 75.9 cm³/mol. The van der Waals surface area contributed by atoms with E-state index >= 15 is 0 Å². The molecule has 0 fully saturated rings. The van der Waals surface area contributed by atoms with E-state index in [2.05, 4.69) is 10.3 Å². The van der Waals surface area contributed by atoms with Crippen molar-refractivity contribution in [1.29, 1.82) is 0 Å². The van der Waals surface area contributed by atoms with Crippen LogP contribution in [0.2, 0.25) is 15.1 Å². The number of aromatic nitrogens is 1. The maximum absolute atomic E-state index is 13.3. The van der Waals surface area contributed by atoms with Crippen LogP contribution in [0, 0.1) is 5.82 Å². The standard InChI is InChI=1S/C12H6Cl3FN2O2/c13-7-1-5(2-8(14)11(7)16)18-10-3-6(12(19)20)9(15)4-17-10/h1-4H,(H,17,18)(H,19,20). The molecule has 2 rings (SSSR count).